The molecule has 22 heavy (non-hydrogen) atoms. The van der Waals surface area contributed by atoms with Gasteiger partial charge in [0.2, 0.25) is 5.96 Å². The van der Waals surface area contributed by atoms with E-state index in [1.54, 1.807) is 6.21 Å². The number of fused-ring (bicyclic) bond motifs is 2. The van der Waals surface area contributed by atoms with E-state index in [4.69, 9.17) is 34.7 Å². The highest BCUT2D eigenvalue weighted by molar-refractivity contribution is 6.42. The van der Waals surface area contributed by atoms with E-state index in [9.17, 15) is 0 Å². The van der Waals surface area contributed by atoms with Crippen LogP contribution in [0.5, 0.6) is 0 Å². The minimum atomic E-state index is -0.0955. The van der Waals surface area contributed by atoms with Gasteiger partial charge in [0, 0.05) is 21.4 Å². The predicted octanol–water partition coefficient (Wildman–Crippen LogP) is 3.91. The number of halogens is 2. The minimum Gasteiger partial charge on any atom is -0.369 e. The largest absolute Gasteiger partial charge is 0.369 e. The van der Waals surface area contributed by atoms with Gasteiger partial charge in [-0.1, -0.05) is 53.5 Å². The fourth-order valence-corrected chi connectivity index (χ4v) is 2.92. The standard InChI is InChI=1S/C16H12Cl2N4/c17-9-5-6-11-13(7-9)15(18)12-4-2-1-3-10(12)14(11)8-21-22-16(19)20/h1-8H,(H4,19,20,22)/b21-8+. The smallest absolute Gasteiger partial charge is 0.211 e. The molecule has 0 heterocycles. The van der Waals surface area contributed by atoms with Gasteiger partial charge in [0.15, 0.2) is 0 Å². The van der Waals surface area contributed by atoms with Crippen LogP contribution >= 0.6 is 23.2 Å². The third-order valence-electron chi connectivity index (χ3n) is 3.32. The summed E-state index contributed by atoms with van der Waals surface area (Å²) in [5.74, 6) is -0.0955. The number of rotatable bonds is 2. The number of nitrogens with two attached hydrogens (primary N) is 2. The fraction of sp³-hybridized carbons (Fsp3) is 0. The second kappa shape index (κ2) is 5.83. The Kier molecular flexibility index (Phi) is 3.88. The molecule has 0 bridgehead atoms. The van der Waals surface area contributed by atoms with Crippen molar-refractivity contribution in [2.24, 2.45) is 21.7 Å². The predicted molar refractivity (Wildman–Crippen MR) is 94.9 cm³/mol. The molecule has 0 fully saturated rings. The van der Waals surface area contributed by atoms with Crippen molar-refractivity contribution in [3.63, 3.8) is 0 Å². The van der Waals surface area contributed by atoms with Crippen molar-refractivity contribution in [1.29, 1.82) is 0 Å². The molecule has 110 valence electrons. The Hall–Kier alpha value is -2.30. The van der Waals surface area contributed by atoms with Crippen LogP contribution < -0.4 is 11.5 Å². The third kappa shape index (κ3) is 2.58. The van der Waals surface area contributed by atoms with E-state index in [1.807, 2.05) is 42.5 Å². The highest BCUT2D eigenvalue weighted by Gasteiger charge is 2.11. The lowest BCUT2D eigenvalue weighted by Crippen LogP contribution is -2.21. The highest BCUT2D eigenvalue weighted by Crippen LogP contribution is 2.36. The van der Waals surface area contributed by atoms with Crippen LogP contribution in [0.15, 0.2) is 52.7 Å². The number of benzene rings is 3. The highest BCUT2D eigenvalue weighted by atomic mass is 35.5. The zero-order valence-electron chi connectivity index (χ0n) is 11.4. The first-order valence-electron chi connectivity index (χ1n) is 6.49. The van der Waals surface area contributed by atoms with E-state index in [-0.39, 0.29) is 5.96 Å². The van der Waals surface area contributed by atoms with E-state index in [2.05, 4.69) is 10.2 Å². The maximum Gasteiger partial charge on any atom is 0.211 e. The van der Waals surface area contributed by atoms with E-state index < -0.39 is 0 Å². The molecule has 0 aliphatic carbocycles. The monoisotopic (exact) mass is 330 g/mol. The van der Waals surface area contributed by atoms with Crippen LogP contribution in [-0.4, -0.2) is 12.2 Å². The van der Waals surface area contributed by atoms with Crippen molar-refractivity contribution in [2.75, 3.05) is 0 Å². The van der Waals surface area contributed by atoms with Crippen molar-refractivity contribution >= 4 is 56.9 Å². The van der Waals surface area contributed by atoms with Crippen LogP contribution in [0.25, 0.3) is 21.5 Å². The van der Waals surface area contributed by atoms with Crippen LogP contribution in [0, 0.1) is 0 Å². The summed E-state index contributed by atoms with van der Waals surface area (Å²) >= 11 is 12.6. The minimum absolute atomic E-state index is 0.0955. The van der Waals surface area contributed by atoms with Gasteiger partial charge in [0.25, 0.3) is 0 Å². The second-order valence-electron chi connectivity index (χ2n) is 4.73. The molecule has 0 amide bonds. The SMILES string of the molecule is NC(N)=N/N=C/c1c2ccccc2c(Cl)c2cc(Cl)ccc12. The molecule has 0 aliphatic rings. The fourth-order valence-electron chi connectivity index (χ4n) is 2.42. The maximum atomic E-state index is 6.53. The first kappa shape index (κ1) is 14.6. The zero-order chi connectivity index (χ0) is 15.7. The summed E-state index contributed by atoms with van der Waals surface area (Å²) in [6, 6.07) is 13.4. The Morgan fingerprint density at radius 2 is 1.59 bits per heavy atom. The summed E-state index contributed by atoms with van der Waals surface area (Å²) in [5.41, 5.74) is 11.5. The molecular weight excluding hydrogens is 319 g/mol. The molecule has 0 saturated heterocycles. The number of hydrogen-bond acceptors (Lipinski definition) is 2. The van der Waals surface area contributed by atoms with Crippen molar-refractivity contribution in [1.82, 2.24) is 0 Å². The molecule has 0 radical (unpaired) electrons. The van der Waals surface area contributed by atoms with Gasteiger partial charge >= 0.3 is 0 Å². The van der Waals surface area contributed by atoms with E-state index in [1.165, 1.54) is 0 Å². The molecule has 3 rings (SSSR count). The Morgan fingerprint density at radius 1 is 0.909 bits per heavy atom. The first-order valence-corrected chi connectivity index (χ1v) is 7.25. The molecule has 0 aliphatic heterocycles. The topological polar surface area (TPSA) is 76.8 Å². The van der Waals surface area contributed by atoms with Gasteiger partial charge in [-0.3, -0.25) is 0 Å². The molecule has 4 nitrogen and oxygen atoms in total. The van der Waals surface area contributed by atoms with Gasteiger partial charge in [-0.05, 0) is 22.9 Å². The number of guanidine groups is 1. The Morgan fingerprint density at radius 3 is 2.32 bits per heavy atom. The van der Waals surface area contributed by atoms with Crippen LogP contribution in [0.3, 0.4) is 0 Å². The lowest BCUT2D eigenvalue weighted by atomic mass is 9.97. The molecule has 3 aromatic rings. The van der Waals surface area contributed by atoms with Crippen molar-refractivity contribution in [3.8, 4) is 0 Å². The van der Waals surface area contributed by atoms with E-state index in [0.717, 1.165) is 27.1 Å². The summed E-state index contributed by atoms with van der Waals surface area (Å²) in [6.07, 6.45) is 1.62. The van der Waals surface area contributed by atoms with Gasteiger partial charge in [0.05, 0.1) is 11.2 Å². The Labute approximate surface area is 137 Å². The van der Waals surface area contributed by atoms with Gasteiger partial charge in [-0.2, -0.15) is 5.10 Å². The van der Waals surface area contributed by atoms with Crippen LogP contribution in [0.4, 0.5) is 0 Å². The van der Waals surface area contributed by atoms with Gasteiger partial charge in [-0.25, -0.2) is 0 Å². The van der Waals surface area contributed by atoms with Crippen molar-refractivity contribution in [3.05, 3.63) is 58.1 Å². The quantitative estimate of drug-likeness (QED) is 0.323. The zero-order valence-corrected chi connectivity index (χ0v) is 12.9. The van der Waals surface area contributed by atoms with E-state index >= 15 is 0 Å². The lowest BCUT2D eigenvalue weighted by molar-refractivity contribution is 1.22. The number of nitrogens with zero attached hydrogens (tertiary/aromatic N) is 2. The number of hydrogen-bond donors (Lipinski definition) is 2. The van der Waals surface area contributed by atoms with Crippen LogP contribution in [0.2, 0.25) is 10.0 Å². The Bertz CT molecular complexity index is 928. The summed E-state index contributed by atoms with van der Waals surface area (Å²) in [4.78, 5) is 0. The van der Waals surface area contributed by atoms with Gasteiger partial charge < -0.3 is 11.5 Å². The summed E-state index contributed by atoms with van der Waals surface area (Å²) in [7, 11) is 0. The lowest BCUT2D eigenvalue weighted by Gasteiger charge is -2.10. The van der Waals surface area contributed by atoms with Crippen molar-refractivity contribution in [2.45, 2.75) is 0 Å². The second-order valence-corrected chi connectivity index (χ2v) is 5.55. The molecule has 3 aromatic carbocycles. The summed E-state index contributed by atoms with van der Waals surface area (Å²) in [5, 5.41) is 12.6. The van der Waals surface area contributed by atoms with Gasteiger partial charge in [0.1, 0.15) is 0 Å². The Balaban J connectivity index is 2.42. The average Bonchev–Trinajstić information content (AvgIpc) is 2.50. The van der Waals surface area contributed by atoms with Crippen LogP contribution in [-0.2, 0) is 0 Å². The maximum absolute atomic E-state index is 6.53. The molecule has 0 saturated carbocycles. The summed E-state index contributed by atoms with van der Waals surface area (Å²) < 4.78 is 0. The molecule has 0 aromatic heterocycles. The molecule has 6 heteroatoms. The van der Waals surface area contributed by atoms with E-state index in [0.29, 0.717) is 10.0 Å². The first-order chi connectivity index (χ1) is 10.6. The third-order valence-corrected chi connectivity index (χ3v) is 3.96. The average molecular weight is 331 g/mol. The molecular formula is C16H12Cl2N4. The molecule has 4 N–H and O–H groups in total. The normalized spacial score (nSPS) is 11.4. The van der Waals surface area contributed by atoms with Crippen LogP contribution in [0.1, 0.15) is 5.56 Å². The van der Waals surface area contributed by atoms with Gasteiger partial charge in [-0.15, -0.1) is 5.10 Å². The summed E-state index contributed by atoms with van der Waals surface area (Å²) in [6.45, 7) is 0. The molecule has 0 unspecified atom stereocenters. The molecule has 0 spiro atoms. The van der Waals surface area contributed by atoms with Crippen molar-refractivity contribution < 1.29 is 0 Å². The molecule has 0 atom stereocenters.